The lowest BCUT2D eigenvalue weighted by molar-refractivity contribution is 0.0746. The van der Waals surface area contributed by atoms with Gasteiger partial charge in [-0.05, 0) is 30.3 Å². The first-order valence-electron chi connectivity index (χ1n) is 8.75. The summed E-state index contributed by atoms with van der Waals surface area (Å²) < 4.78 is 0. The van der Waals surface area contributed by atoms with Crippen molar-refractivity contribution < 1.29 is 4.79 Å². The van der Waals surface area contributed by atoms with Crippen LogP contribution in [0.15, 0.2) is 60.9 Å². The largest absolute Gasteiger partial charge is 0.352 e. The molecule has 0 radical (unpaired) electrons. The van der Waals surface area contributed by atoms with E-state index in [1.807, 2.05) is 41.3 Å². The van der Waals surface area contributed by atoms with E-state index in [1.165, 1.54) is 0 Å². The number of amides is 1. The van der Waals surface area contributed by atoms with Crippen LogP contribution in [0.5, 0.6) is 0 Å². The minimum Gasteiger partial charge on any atom is -0.352 e. The summed E-state index contributed by atoms with van der Waals surface area (Å²) >= 11 is 6.22. The Morgan fingerprint density at radius 1 is 0.889 bits per heavy atom. The molecule has 0 aliphatic carbocycles. The fraction of sp³-hybridized carbons (Fsp3) is 0.200. The van der Waals surface area contributed by atoms with Crippen molar-refractivity contribution in [3.05, 3.63) is 71.5 Å². The summed E-state index contributed by atoms with van der Waals surface area (Å²) in [5, 5.41) is 9.33. The van der Waals surface area contributed by atoms with E-state index in [0.29, 0.717) is 23.7 Å². The van der Waals surface area contributed by atoms with Crippen molar-refractivity contribution in [2.24, 2.45) is 0 Å². The van der Waals surface area contributed by atoms with Crippen LogP contribution in [-0.4, -0.2) is 52.2 Å². The minimum absolute atomic E-state index is 0.0391. The highest BCUT2D eigenvalue weighted by molar-refractivity contribution is 6.33. The number of benzene rings is 1. The van der Waals surface area contributed by atoms with Gasteiger partial charge < -0.3 is 9.80 Å². The Bertz CT molecular complexity index is 925. The highest BCUT2D eigenvalue weighted by atomic mass is 35.5. The van der Waals surface area contributed by atoms with Crippen LogP contribution < -0.4 is 4.90 Å². The Morgan fingerprint density at radius 3 is 2.30 bits per heavy atom. The highest BCUT2D eigenvalue weighted by Crippen LogP contribution is 2.26. The lowest BCUT2D eigenvalue weighted by atomic mass is 10.1. The van der Waals surface area contributed by atoms with Gasteiger partial charge in [-0.2, -0.15) is 0 Å². The number of halogens is 1. The summed E-state index contributed by atoms with van der Waals surface area (Å²) in [4.78, 5) is 20.5. The van der Waals surface area contributed by atoms with E-state index in [-0.39, 0.29) is 5.91 Å². The maximum atomic E-state index is 12.5. The molecule has 1 fully saturated rings. The van der Waals surface area contributed by atoms with Crippen molar-refractivity contribution in [3.63, 3.8) is 0 Å². The number of anilines is 1. The SMILES string of the molecule is O=C(c1ccncc1)N1CCN(c2ccc(-c3ccccc3Cl)nn2)CC1. The van der Waals surface area contributed by atoms with Gasteiger partial charge in [0.1, 0.15) is 0 Å². The van der Waals surface area contributed by atoms with Gasteiger partial charge in [-0.15, -0.1) is 10.2 Å². The third kappa shape index (κ3) is 3.75. The summed E-state index contributed by atoms with van der Waals surface area (Å²) in [6, 6.07) is 14.9. The van der Waals surface area contributed by atoms with Crippen LogP contribution >= 0.6 is 11.6 Å². The average molecular weight is 380 g/mol. The molecule has 27 heavy (non-hydrogen) atoms. The zero-order chi connectivity index (χ0) is 18.6. The Labute approximate surface area is 162 Å². The molecule has 2 aromatic heterocycles. The van der Waals surface area contributed by atoms with Crippen molar-refractivity contribution in [3.8, 4) is 11.3 Å². The molecule has 0 bridgehead atoms. The van der Waals surface area contributed by atoms with Crippen LogP contribution in [0.1, 0.15) is 10.4 Å². The van der Waals surface area contributed by atoms with E-state index in [9.17, 15) is 4.79 Å². The average Bonchev–Trinajstić information content (AvgIpc) is 2.74. The van der Waals surface area contributed by atoms with E-state index in [4.69, 9.17) is 11.6 Å². The van der Waals surface area contributed by atoms with Crippen LogP contribution in [0.4, 0.5) is 5.82 Å². The van der Waals surface area contributed by atoms with Gasteiger partial charge in [0.2, 0.25) is 0 Å². The van der Waals surface area contributed by atoms with Crippen molar-refractivity contribution >= 4 is 23.3 Å². The number of hydrogen-bond donors (Lipinski definition) is 0. The highest BCUT2D eigenvalue weighted by Gasteiger charge is 2.23. The monoisotopic (exact) mass is 379 g/mol. The molecule has 0 saturated carbocycles. The number of carbonyl (C=O) groups is 1. The lowest BCUT2D eigenvalue weighted by Gasteiger charge is -2.35. The second kappa shape index (κ2) is 7.72. The number of hydrogen-bond acceptors (Lipinski definition) is 5. The molecule has 3 heterocycles. The fourth-order valence-corrected chi connectivity index (χ4v) is 3.35. The number of rotatable bonds is 3. The molecule has 4 rings (SSSR count). The van der Waals surface area contributed by atoms with Crippen LogP contribution in [0.3, 0.4) is 0 Å². The van der Waals surface area contributed by atoms with E-state index < -0.39 is 0 Å². The molecule has 1 aromatic carbocycles. The zero-order valence-electron chi connectivity index (χ0n) is 14.6. The molecule has 1 amide bonds. The molecule has 0 atom stereocenters. The van der Waals surface area contributed by atoms with Gasteiger partial charge in [0.25, 0.3) is 5.91 Å². The van der Waals surface area contributed by atoms with Crippen molar-refractivity contribution in [2.75, 3.05) is 31.1 Å². The van der Waals surface area contributed by atoms with E-state index >= 15 is 0 Å². The third-order valence-corrected chi connectivity index (χ3v) is 4.95. The summed E-state index contributed by atoms with van der Waals surface area (Å²) in [5.41, 5.74) is 2.28. The summed E-state index contributed by atoms with van der Waals surface area (Å²) in [7, 11) is 0. The molecular formula is C20H18ClN5O. The van der Waals surface area contributed by atoms with Crippen LogP contribution in [0, 0.1) is 0 Å². The van der Waals surface area contributed by atoms with Gasteiger partial charge >= 0.3 is 0 Å². The molecular weight excluding hydrogens is 362 g/mol. The normalized spacial score (nSPS) is 14.3. The number of pyridine rings is 1. The van der Waals surface area contributed by atoms with Gasteiger partial charge in [-0.25, -0.2) is 0 Å². The Morgan fingerprint density at radius 2 is 1.63 bits per heavy atom. The molecule has 3 aromatic rings. The van der Waals surface area contributed by atoms with Crippen molar-refractivity contribution in [1.82, 2.24) is 20.1 Å². The van der Waals surface area contributed by atoms with Crippen LogP contribution in [0.2, 0.25) is 5.02 Å². The number of carbonyl (C=O) groups excluding carboxylic acids is 1. The van der Waals surface area contributed by atoms with Crippen LogP contribution in [0.25, 0.3) is 11.3 Å². The maximum absolute atomic E-state index is 12.5. The Kier molecular flexibility index (Phi) is 4.98. The molecule has 136 valence electrons. The van der Waals surface area contributed by atoms with Crippen LogP contribution in [-0.2, 0) is 0 Å². The van der Waals surface area contributed by atoms with Gasteiger partial charge in [0.15, 0.2) is 5.82 Å². The summed E-state index contributed by atoms with van der Waals surface area (Å²) in [6.07, 6.45) is 3.28. The molecule has 0 N–H and O–H groups in total. The molecule has 1 aliphatic heterocycles. The predicted octanol–water partition coefficient (Wildman–Crippen LogP) is 3.15. The van der Waals surface area contributed by atoms with Gasteiger partial charge in [-0.3, -0.25) is 9.78 Å². The number of nitrogens with zero attached hydrogens (tertiary/aromatic N) is 5. The molecule has 7 heteroatoms. The van der Waals surface area contributed by atoms with E-state index in [2.05, 4.69) is 20.1 Å². The first-order valence-corrected chi connectivity index (χ1v) is 9.13. The van der Waals surface area contributed by atoms with Gasteiger partial charge in [0.05, 0.1) is 10.7 Å². The molecule has 6 nitrogen and oxygen atoms in total. The summed E-state index contributed by atoms with van der Waals surface area (Å²) in [6.45, 7) is 2.73. The topological polar surface area (TPSA) is 62.2 Å². The summed E-state index contributed by atoms with van der Waals surface area (Å²) in [5.74, 6) is 0.846. The minimum atomic E-state index is 0.0391. The van der Waals surface area contributed by atoms with Crippen molar-refractivity contribution in [1.29, 1.82) is 0 Å². The lowest BCUT2D eigenvalue weighted by Crippen LogP contribution is -2.49. The molecule has 1 aliphatic rings. The molecule has 0 unspecified atom stereocenters. The number of piperazine rings is 1. The maximum Gasteiger partial charge on any atom is 0.254 e. The molecule has 1 saturated heterocycles. The number of aromatic nitrogens is 3. The Balaban J connectivity index is 1.41. The fourth-order valence-electron chi connectivity index (χ4n) is 3.12. The van der Waals surface area contributed by atoms with Gasteiger partial charge in [-0.1, -0.05) is 29.8 Å². The third-order valence-electron chi connectivity index (χ3n) is 4.62. The first kappa shape index (κ1) is 17.4. The Hall–Kier alpha value is -2.99. The quantitative estimate of drug-likeness (QED) is 0.699. The van der Waals surface area contributed by atoms with E-state index in [0.717, 1.165) is 30.2 Å². The first-order chi connectivity index (χ1) is 13.2. The van der Waals surface area contributed by atoms with E-state index in [1.54, 1.807) is 24.5 Å². The second-order valence-electron chi connectivity index (χ2n) is 6.27. The molecule has 0 spiro atoms. The van der Waals surface area contributed by atoms with Crippen molar-refractivity contribution in [2.45, 2.75) is 0 Å². The zero-order valence-corrected chi connectivity index (χ0v) is 15.4. The predicted molar refractivity (Wildman–Crippen MR) is 105 cm³/mol. The second-order valence-corrected chi connectivity index (χ2v) is 6.68. The standard InChI is InChI=1S/C20H18ClN5O/c21-17-4-2-1-3-16(17)18-5-6-19(24-23-18)25-11-13-26(14-12-25)20(27)15-7-9-22-10-8-15/h1-10H,11-14H2. The smallest absolute Gasteiger partial charge is 0.254 e. The van der Waals surface area contributed by atoms with Gasteiger partial charge in [0, 0.05) is 49.7 Å².